The molecule has 210 valence electrons. The van der Waals surface area contributed by atoms with Crippen molar-refractivity contribution in [3.63, 3.8) is 0 Å². The third-order valence-corrected chi connectivity index (χ3v) is 9.25. The van der Waals surface area contributed by atoms with Crippen LogP contribution in [0.25, 0.3) is 10.2 Å². The molecule has 1 amide bonds. The molecule has 11 heteroatoms. The number of halogens is 2. The average Bonchev–Trinajstić information content (AvgIpc) is 3.29. The second-order valence-corrected chi connectivity index (χ2v) is 12.7. The summed E-state index contributed by atoms with van der Waals surface area (Å²) in [6.07, 6.45) is 4.25. The number of carbonyl (C=O) groups is 1. The van der Waals surface area contributed by atoms with Gasteiger partial charge in [-0.15, -0.1) is 12.4 Å². The van der Waals surface area contributed by atoms with Crippen molar-refractivity contribution in [1.82, 2.24) is 14.2 Å². The van der Waals surface area contributed by atoms with Crippen molar-refractivity contribution < 1.29 is 13.2 Å². The Kier molecular flexibility index (Phi) is 12.9. The van der Waals surface area contributed by atoms with Crippen LogP contribution in [0.4, 0.5) is 5.13 Å². The molecular formula is C27H38Cl2N4O3S2. The summed E-state index contributed by atoms with van der Waals surface area (Å²) < 4.78 is 29.1. The third-order valence-electron chi connectivity index (χ3n) is 6.06. The number of carbonyl (C=O) groups excluding carboxylic acids is 1. The minimum absolute atomic E-state index is 0. The number of thiazole rings is 1. The van der Waals surface area contributed by atoms with Crippen molar-refractivity contribution in [3.05, 3.63) is 53.1 Å². The van der Waals surface area contributed by atoms with E-state index in [0.29, 0.717) is 35.4 Å². The van der Waals surface area contributed by atoms with Gasteiger partial charge in [0.2, 0.25) is 10.0 Å². The topological polar surface area (TPSA) is 73.8 Å². The van der Waals surface area contributed by atoms with Crippen LogP contribution < -0.4 is 4.90 Å². The van der Waals surface area contributed by atoms with Crippen LogP contribution in [-0.2, 0) is 10.0 Å². The Morgan fingerprint density at radius 2 is 1.55 bits per heavy atom. The smallest absolute Gasteiger partial charge is 0.260 e. The first-order valence-corrected chi connectivity index (χ1v) is 15.4. The Bertz CT molecular complexity index is 1270. The zero-order valence-electron chi connectivity index (χ0n) is 22.5. The fraction of sp³-hybridized carbons (Fsp3) is 0.481. The normalized spacial score (nSPS) is 11.8. The monoisotopic (exact) mass is 600 g/mol. The molecular weight excluding hydrogens is 563 g/mol. The minimum atomic E-state index is -3.63. The lowest BCUT2D eigenvalue weighted by Crippen LogP contribution is -2.34. The molecule has 0 bridgehead atoms. The molecule has 38 heavy (non-hydrogen) atoms. The average molecular weight is 602 g/mol. The number of benzene rings is 2. The van der Waals surface area contributed by atoms with E-state index < -0.39 is 10.0 Å². The predicted octanol–water partition coefficient (Wildman–Crippen LogP) is 6.56. The van der Waals surface area contributed by atoms with Gasteiger partial charge in [-0.1, -0.05) is 49.6 Å². The summed E-state index contributed by atoms with van der Waals surface area (Å²) in [6, 6.07) is 11.8. The first kappa shape index (κ1) is 32.5. The van der Waals surface area contributed by atoms with Crippen molar-refractivity contribution in [3.8, 4) is 0 Å². The summed E-state index contributed by atoms with van der Waals surface area (Å²) in [5.41, 5.74) is 1.21. The lowest BCUT2D eigenvalue weighted by molar-refractivity contribution is 0.0986. The van der Waals surface area contributed by atoms with Gasteiger partial charge in [0.1, 0.15) is 0 Å². The van der Waals surface area contributed by atoms with Crippen LogP contribution in [0, 0.1) is 0 Å². The van der Waals surface area contributed by atoms with Gasteiger partial charge >= 0.3 is 0 Å². The molecule has 1 heterocycles. The summed E-state index contributed by atoms with van der Waals surface area (Å²) in [6.45, 7) is 6.42. The Morgan fingerprint density at radius 3 is 2.13 bits per heavy atom. The fourth-order valence-corrected chi connectivity index (χ4v) is 6.71. The highest BCUT2D eigenvalue weighted by molar-refractivity contribution is 7.89. The van der Waals surface area contributed by atoms with Gasteiger partial charge in [0.15, 0.2) is 5.13 Å². The highest BCUT2D eigenvalue weighted by atomic mass is 35.5. The summed E-state index contributed by atoms with van der Waals surface area (Å²) in [4.78, 5) is 22.3. The maximum atomic E-state index is 13.6. The first-order valence-electron chi connectivity index (χ1n) is 12.8. The fourth-order valence-electron chi connectivity index (χ4n) is 3.93. The molecule has 0 N–H and O–H groups in total. The highest BCUT2D eigenvalue weighted by Crippen LogP contribution is 2.32. The van der Waals surface area contributed by atoms with Crippen molar-refractivity contribution in [2.75, 3.05) is 45.2 Å². The third kappa shape index (κ3) is 8.37. The van der Waals surface area contributed by atoms with Gasteiger partial charge in [-0.05, 0) is 82.4 Å². The molecule has 0 saturated carbocycles. The maximum Gasteiger partial charge on any atom is 0.260 e. The Labute approximate surface area is 242 Å². The van der Waals surface area contributed by atoms with Crippen LogP contribution in [0.15, 0.2) is 47.4 Å². The molecule has 0 unspecified atom stereocenters. The SMILES string of the molecule is CCCCN(CCCC)S(=O)(=O)c1ccc(C(=O)N(CCCN(C)C)c2nc3ccc(Cl)cc3s2)cc1.Cl. The minimum Gasteiger partial charge on any atom is -0.309 e. The van der Waals surface area contributed by atoms with E-state index in [1.54, 1.807) is 39.5 Å². The molecule has 3 aromatic rings. The van der Waals surface area contributed by atoms with Gasteiger partial charge in [-0.3, -0.25) is 9.69 Å². The predicted molar refractivity (Wildman–Crippen MR) is 162 cm³/mol. The zero-order valence-corrected chi connectivity index (χ0v) is 25.7. The highest BCUT2D eigenvalue weighted by Gasteiger charge is 2.25. The van der Waals surface area contributed by atoms with Crippen molar-refractivity contribution >= 4 is 66.6 Å². The maximum absolute atomic E-state index is 13.6. The van der Waals surface area contributed by atoms with Crippen LogP contribution in [0.5, 0.6) is 0 Å². The molecule has 3 rings (SSSR count). The Hall–Kier alpha value is -1.75. The molecule has 0 spiro atoms. The second kappa shape index (κ2) is 15.1. The lowest BCUT2D eigenvalue weighted by Gasteiger charge is -2.23. The van der Waals surface area contributed by atoms with E-state index in [2.05, 4.69) is 23.7 Å². The molecule has 0 fully saturated rings. The van der Waals surface area contributed by atoms with Gasteiger partial charge in [0, 0.05) is 30.2 Å². The molecule has 7 nitrogen and oxygen atoms in total. The number of anilines is 1. The van der Waals surface area contributed by atoms with Crippen molar-refractivity contribution in [2.45, 2.75) is 50.8 Å². The van der Waals surface area contributed by atoms with Crippen LogP contribution in [0.3, 0.4) is 0 Å². The van der Waals surface area contributed by atoms with E-state index in [1.807, 2.05) is 26.2 Å². The molecule has 1 aromatic heterocycles. The molecule has 0 radical (unpaired) electrons. The van der Waals surface area contributed by atoms with E-state index in [0.717, 1.165) is 48.9 Å². The Balaban J connectivity index is 0.00000507. The van der Waals surface area contributed by atoms with E-state index in [-0.39, 0.29) is 23.2 Å². The van der Waals surface area contributed by atoms with Crippen LogP contribution in [0.2, 0.25) is 5.02 Å². The number of hydrogen-bond acceptors (Lipinski definition) is 6. The number of sulfonamides is 1. The van der Waals surface area contributed by atoms with Gasteiger partial charge in [0.05, 0.1) is 15.1 Å². The summed E-state index contributed by atoms with van der Waals surface area (Å²) >= 11 is 7.58. The Morgan fingerprint density at radius 1 is 0.921 bits per heavy atom. The quantitative estimate of drug-likeness (QED) is 0.209. The largest absolute Gasteiger partial charge is 0.309 e. The van der Waals surface area contributed by atoms with Crippen LogP contribution in [0.1, 0.15) is 56.3 Å². The number of hydrogen-bond donors (Lipinski definition) is 0. The van der Waals surface area contributed by atoms with E-state index in [4.69, 9.17) is 11.6 Å². The number of nitrogens with zero attached hydrogens (tertiary/aromatic N) is 4. The molecule has 0 aliphatic heterocycles. The van der Waals surface area contributed by atoms with E-state index in [1.165, 1.54) is 11.3 Å². The molecule has 0 aliphatic carbocycles. The van der Waals surface area contributed by atoms with E-state index in [9.17, 15) is 13.2 Å². The van der Waals surface area contributed by atoms with E-state index >= 15 is 0 Å². The number of rotatable bonds is 14. The van der Waals surface area contributed by atoms with Gasteiger partial charge in [-0.25, -0.2) is 13.4 Å². The van der Waals surface area contributed by atoms with Gasteiger partial charge in [0.25, 0.3) is 5.91 Å². The first-order chi connectivity index (χ1) is 17.7. The van der Waals surface area contributed by atoms with Crippen LogP contribution >= 0.6 is 35.3 Å². The van der Waals surface area contributed by atoms with Crippen molar-refractivity contribution in [2.24, 2.45) is 0 Å². The standard InChI is InChI=1S/C27H37ClN4O3S2.ClH/c1-5-7-17-31(18-8-6-2)37(34,35)23-13-10-21(11-14-23)26(33)32(19-9-16-30(3)4)27-29-24-15-12-22(28)20-25(24)36-27;/h10-15,20H,5-9,16-19H2,1-4H3;1H. The molecule has 0 aliphatic rings. The lowest BCUT2D eigenvalue weighted by atomic mass is 10.2. The number of fused-ring (bicyclic) bond motifs is 1. The summed E-state index contributed by atoms with van der Waals surface area (Å²) in [7, 11) is 0.365. The zero-order chi connectivity index (χ0) is 27.0. The summed E-state index contributed by atoms with van der Waals surface area (Å²) in [5, 5.41) is 1.22. The summed E-state index contributed by atoms with van der Waals surface area (Å²) in [5.74, 6) is -0.207. The number of unbranched alkanes of at least 4 members (excludes halogenated alkanes) is 2. The van der Waals surface area contributed by atoms with Gasteiger partial charge in [-0.2, -0.15) is 4.31 Å². The molecule has 2 aromatic carbocycles. The number of amides is 1. The molecule has 0 atom stereocenters. The van der Waals surface area contributed by atoms with Gasteiger partial charge < -0.3 is 4.90 Å². The number of aromatic nitrogens is 1. The molecule has 0 saturated heterocycles. The van der Waals surface area contributed by atoms with Crippen molar-refractivity contribution in [1.29, 1.82) is 0 Å². The van der Waals surface area contributed by atoms with Crippen LogP contribution in [-0.4, -0.2) is 68.8 Å². The second-order valence-electron chi connectivity index (χ2n) is 9.36.